The van der Waals surface area contributed by atoms with Crippen molar-refractivity contribution in [3.8, 4) is 0 Å². The van der Waals surface area contributed by atoms with Gasteiger partial charge in [-0.25, -0.2) is 0 Å². The highest BCUT2D eigenvalue weighted by atomic mass is 28.4. The largest absolute Gasteiger partial charge is 0.456 e. The van der Waals surface area contributed by atoms with Crippen LogP contribution in [0.5, 0.6) is 0 Å². The molecule has 0 rings (SSSR count). The Morgan fingerprint density at radius 3 is 2.31 bits per heavy atom. The van der Waals surface area contributed by atoms with Crippen molar-refractivity contribution in [3.05, 3.63) is 0 Å². The van der Waals surface area contributed by atoms with Crippen molar-refractivity contribution >= 4 is 17.4 Å². The zero-order chi connectivity index (χ0) is 10.3. The minimum absolute atomic E-state index is 0.513. The Balaban J connectivity index is 3.50. The fourth-order valence-electron chi connectivity index (χ4n) is 1.35. The summed E-state index contributed by atoms with van der Waals surface area (Å²) in [5.41, 5.74) is 0. The molecule has 0 bridgehead atoms. The average Bonchev–Trinajstić information content (AvgIpc) is 1.95. The molecule has 0 heterocycles. The topological polar surface area (TPSA) is 18.5 Å². The van der Waals surface area contributed by atoms with E-state index < -0.39 is 17.4 Å². The molecule has 0 saturated heterocycles. The molecule has 4 heteroatoms. The SMILES string of the molecule is CCOCCC[Si](C)(C)O[Si](C)C. The van der Waals surface area contributed by atoms with E-state index in [-0.39, 0.29) is 0 Å². The highest BCUT2D eigenvalue weighted by Gasteiger charge is 2.22. The van der Waals surface area contributed by atoms with Gasteiger partial charge in [0.25, 0.3) is 0 Å². The quantitative estimate of drug-likeness (QED) is 0.484. The van der Waals surface area contributed by atoms with Crippen molar-refractivity contribution in [1.82, 2.24) is 0 Å². The van der Waals surface area contributed by atoms with Gasteiger partial charge in [-0.3, -0.25) is 0 Å². The maximum Gasteiger partial charge on any atom is 0.191 e. The van der Waals surface area contributed by atoms with Crippen molar-refractivity contribution in [2.45, 2.75) is 45.6 Å². The Labute approximate surface area is 85.5 Å². The second kappa shape index (κ2) is 6.76. The summed E-state index contributed by atoms with van der Waals surface area (Å²) in [7, 11) is -1.86. The monoisotopic (exact) mass is 219 g/mol. The molecule has 0 saturated carbocycles. The summed E-state index contributed by atoms with van der Waals surface area (Å²) in [5, 5.41) is 0. The van der Waals surface area contributed by atoms with Crippen LogP contribution in [0.15, 0.2) is 0 Å². The van der Waals surface area contributed by atoms with Crippen LogP contribution in [0.4, 0.5) is 0 Å². The summed E-state index contributed by atoms with van der Waals surface area (Å²) < 4.78 is 11.3. The van der Waals surface area contributed by atoms with Crippen molar-refractivity contribution < 1.29 is 8.85 Å². The normalized spacial score (nSPS) is 12.5. The number of hydrogen-bond acceptors (Lipinski definition) is 2. The molecule has 79 valence electrons. The fraction of sp³-hybridized carbons (Fsp3) is 1.00. The molecule has 13 heavy (non-hydrogen) atoms. The summed E-state index contributed by atoms with van der Waals surface area (Å²) >= 11 is 0. The van der Waals surface area contributed by atoms with E-state index in [2.05, 4.69) is 26.2 Å². The highest BCUT2D eigenvalue weighted by molar-refractivity contribution is 6.77. The van der Waals surface area contributed by atoms with E-state index in [1.165, 1.54) is 6.04 Å². The number of hydrogen-bond donors (Lipinski definition) is 0. The standard InChI is InChI=1S/C9H23O2Si2/c1-6-10-8-7-9-13(4,5)11-12(2)3/h6-9H2,1-5H3. The molecule has 0 aliphatic heterocycles. The average molecular weight is 219 g/mol. The molecule has 0 aliphatic carbocycles. The molecule has 0 aromatic heterocycles. The van der Waals surface area contributed by atoms with E-state index in [1.807, 2.05) is 6.92 Å². The van der Waals surface area contributed by atoms with Gasteiger partial charge in [0.1, 0.15) is 0 Å². The van der Waals surface area contributed by atoms with Gasteiger partial charge in [-0.1, -0.05) is 0 Å². The fourth-order valence-corrected chi connectivity index (χ4v) is 7.17. The van der Waals surface area contributed by atoms with Gasteiger partial charge in [-0.05, 0) is 45.6 Å². The van der Waals surface area contributed by atoms with Gasteiger partial charge in [-0.15, -0.1) is 0 Å². The first kappa shape index (κ1) is 13.4. The molecule has 2 nitrogen and oxygen atoms in total. The van der Waals surface area contributed by atoms with Crippen LogP contribution in [0.25, 0.3) is 0 Å². The van der Waals surface area contributed by atoms with Crippen molar-refractivity contribution in [2.75, 3.05) is 13.2 Å². The lowest BCUT2D eigenvalue weighted by atomic mass is 10.5. The third kappa shape index (κ3) is 8.68. The van der Waals surface area contributed by atoms with Crippen molar-refractivity contribution in [3.63, 3.8) is 0 Å². The van der Waals surface area contributed by atoms with Crippen LogP contribution in [0.3, 0.4) is 0 Å². The minimum Gasteiger partial charge on any atom is -0.456 e. The first-order chi connectivity index (χ1) is 5.98. The lowest BCUT2D eigenvalue weighted by Gasteiger charge is -2.25. The Morgan fingerprint density at radius 2 is 1.85 bits per heavy atom. The van der Waals surface area contributed by atoms with E-state index in [0.29, 0.717) is 0 Å². The molecule has 0 aliphatic rings. The van der Waals surface area contributed by atoms with E-state index >= 15 is 0 Å². The summed E-state index contributed by atoms with van der Waals surface area (Å²) in [6, 6.07) is 1.23. The summed E-state index contributed by atoms with van der Waals surface area (Å²) in [4.78, 5) is 0. The Morgan fingerprint density at radius 1 is 1.23 bits per heavy atom. The van der Waals surface area contributed by atoms with Gasteiger partial charge in [0, 0.05) is 13.2 Å². The van der Waals surface area contributed by atoms with Crippen LogP contribution in [0.1, 0.15) is 13.3 Å². The second-order valence-corrected chi connectivity index (χ2v) is 10.7. The van der Waals surface area contributed by atoms with Crippen LogP contribution < -0.4 is 0 Å². The van der Waals surface area contributed by atoms with Gasteiger partial charge in [0.15, 0.2) is 17.4 Å². The Kier molecular flexibility index (Phi) is 6.94. The van der Waals surface area contributed by atoms with Crippen LogP contribution in [0, 0.1) is 0 Å². The van der Waals surface area contributed by atoms with Crippen LogP contribution in [-0.2, 0) is 8.85 Å². The minimum atomic E-state index is -1.35. The summed E-state index contributed by atoms with van der Waals surface area (Å²) in [6.07, 6.45) is 1.15. The molecule has 0 atom stereocenters. The predicted molar refractivity (Wildman–Crippen MR) is 62.0 cm³/mol. The number of ether oxygens (including phenoxy) is 1. The molecule has 1 radical (unpaired) electrons. The van der Waals surface area contributed by atoms with E-state index in [0.717, 1.165) is 19.6 Å². The molecule has 0 aromatic rings. The Bertz CT molecular complexity index is 127. The van der Waals surface area contributed by atoms with Crippen molar-refractivity contribution in [2.24, 2.45) is 0 Å². The first-order valence-electron chi connectivity index (χ1n) is 5.05. The molecule has 0 amide bonds. The van der Waals surface area contributed by atoms with Crippen LogP contribution in [0.2, 0.25) is 32.2 Å². The second-order valence-electron chi connectivity index (χ2n) is 4.07. The third-order valence-corrected chi connectivity index (χ3v) is 7.15. The first-order valence-corrected chi connectivity index (χ1v) is 10.6. The van der Waals surface area contributed by atoms with Gasteiger partial charge < -0.3 is 8.85 Å². The van der Waals surface area contributed by atoms with Crippen LogP contribution >= 0.6 is 0 Å². The lowest BCUT2D eigenvalue weighted by Crippen LogP contribution is -2.35. The molecule has 0 N–H and O–H groups in total. The zero-order valence-corrected chi connectivity index (χ0v) is 11.6. The molecule has 0 fully saturated rings. The summed E-state index contributed by atoms with van der Waals surface area (Å²) in [5.74, 6) is 0. The zero-order valence-electron chi connectivity index (χ0n) is 9.64. The molecule has 0 aromatic carbocycles. The van der Waals surface area contributed by atoms with Gasteiger partial charge >= 0.3 is 0 Å². The summed E-state index contributed by atoms with van der Waals surface area (Å²) in [6.45, 7) is 12.8. The van der Waals surface area contributed by atoms with Crippen molar-refractivity contribution in [1.29, 1.82) is 0 Å². The number of rotatable bonds is 7. The predicted octanol–water partition coefficient (Wildman–Crippen LogP) is 2.89. The van der Waals surface area contributed by atoms with Gasteiger partial charge in [-0.2, -0.15) is 0 Å². The van der Waals surface area contributed by atoms with E-state index in [9.17, 15) is 0 Å². The van der Waals surface area contributed by atoms with Gasteiger partial charge in [0.05, 0.1) is 0 Å². The third-order valence-electron chi connectivity index (χ3n) is 1.75. The molecule has 0 spiro atoms. The van der Waals surface area contributed by atoms with E-state index in [4.69, 9.17) is 8.85 Å². The van der Waals surface area contributed by atoms with E-state index in [1.54, 1.807) is 0 Å². The molecule has 0 unspecified atom stereocenters. The van der Waals surface area contributed by atoms with Crippen LogP contribution in [-0.4, -0.2) is 30.6 Å². The smallest absolute Gasteiger partial charge is 0.191 e. The maximum absolute atomic E-state index is 6.00. The van der Waals surface area contributed by atoms with Gasteiger partial charge in [0.2, 0.25) is 0 Å². The lowest BCUT2D eigenvalue weighted by molar-refractivity contribution is 0.147. The Hall–Kier alpha value is 0.354. The maximum atomic E-state index is 6.00. The molecular weight excluding hydrogens is 196 g/mol. The molecular formula is C9H23O2Si2. The highest BCUT2D eigenvalue weighted by Crippen LogP contribution is 2.14.